The fourth-order valence-electron chi connectivity index (χ4n) is 2.82. The van der Waals surface area contributed by atoms with Crippen molar-refractivity contribution in [1.82, 2.24) is 0 Å². The molecule has 1 atom stereocenters. The van der Waals surface area contributed by atoms with E-state index >= 15 is 0 Å². The zero-order chi connectivity index (χ0) is 14.6. The fourth-order valence-corrected chi connectivity index (χ4v) is 2.82. The van der Waals surface area contributed by atoms with E-state index in [1.807, 2.05) is 12.1 Å². The van der Waals surface area contributed by atoms with Crippen molar-refractivity contribution in [3.8, 4) is 0 Å². The summed E-state index contributed by atoms with van der Waals surface area (Å²) in [6.45, 7) is 6.34. The first-order chi connectivity index (χ1) is 9.59. The van der Waals surface area contributed by atoms with Crippen molar-refractivity contribution in [3.05, 3.63) is 59.4 Å². The van der Waals surface area contributed by atoms with E-state index < -0.39 is 0 Å². The molecule has 1 aliphatic rings. The summed E-state index contributed by atoms with van der Waals surface area (Å²) in [5.74, 6) is -0.203. The van der Waals surface area contributed by atoms with Crippen LogP contribution in [-0.2, 0) is 10.3 Å². The molecule has 0 radical (unpaired) electrons. The van der Waals surface area contributed by atoms with Gasteiger partial charge in [-0.05, 0) is 43.9 Å². The molecule has 0 heterocycles. The third-order valence-corrected chi connectivity index (χ3v) is 4.09. The molecule has 20 heavy (non-hydrogen) atoms. The van der Waals surface area contributed by atoms with Crippen LogP contribution in [0.2, 0.25) is 0 Å². The molecule has 0 bridgehead atoms. The number of benzene rings is 1. The molecule has 0 amide bonds. The third-order valence-electron chi connectivity index (χ3n) is 4.09. The first-order valence-corrected chi connectivity index (χ1v) is 7.38. The molecular formula is C18H23FO. The van der Waals surface area contributed by atoms with Crippen molar-refractivity contribution in [2.24, 2.45) is 0 Å². The molecule has 0 N–H and O–H groups in total. The Morgan fingerprint density at radius 2 is 1.85 bits per heavy atom. The molecule has 0 aromatic heterocycles. The molecule has 0 fully saturated rings. The Bertz CT molecular complexity index is 495. The average Bonchev–Trinajstić information content (AvgIpc) is 2.46. The Labute approximate surface area is 121 Å². The van der Waals surface area contributed by atoms with Gasteiger partial charge in [-0.15, -0.1) is 0 Å². The lowest BCUT2D eigenvalue weighted by Crippen LogP contribution is -2.33. The molecule has 2 heteroatoms. The monoisotopic (exact) mass is 274 g/mol. The molecule has 1 unspecified atom stereocenters. The van der Waals surface area contributed by atoms with Crippen LogP contribution in [0.3, 0.4) is 0 Å². The molecule has 1 nitrogen and oxygen atoms in total. The highest BCUT2D eigenvalue weighted by molar-refractivity contribution is 5.26. The largest absolute Gasteiger partial charge is 0.363 e. The van der Waals surface area contributed by atoms with Crippen molar-refractivity contribution >= 4 is 0 Å². The van der Waals surface area contributed by atoms with Gasteiger partial charge in [0, 0.05) is 0 Å². The SMILES string of the molecule is CCC(CC)(OC1C=C(C)C=CC1)c1ccc(F)cc1. The van der Waals surface area contributed by atoms with Gasteiger partial charge in [-0.1, -0.05) is 49.8 Å². The van der Waals surface area contributed by atoms with E-state index in [1.165, 1.54) is 17.7 Å². The van der Waals surface area contributed by atoms with E-state index in [1.54, 1.807) is 0 Å². The van der Waals surface area contributed by atoms with E-state index in [-0.39, 0.29) is 17.5 Å². The van der Waals surface area contributed by atoms with Crippen LogP contribution in [0.25, 0.3) is 0 Å². The molecule has 0 aliphatic heterocycles. The fraction of sp³-hybridized carbons (Fsp3) is 0.444. The Hall–Kier alpha value is -1.41. The van der Waals surface area contributed by atoms with Gasteiger partial charge < -0.3 is 4.74 Å². The Morgan fingerprint density at radius 3 is 2.40 bits per heavy atom. The second kappa shape index (κ2) is 6.36. The molecule has 1 aromatic carbocycles. The van der Waals surface area contributed by atoms with E-state index in [0.717, 1.165) is 24.8 Å². The zero-order valence-electron chi connectivity index (χ0n) is 12.5. The summed E-state index contributed by atoms with van der Waals surface area (Å²) in [4.78, 5) is 0. The second-order valence-corrected chi connectivity index (χ2v) is 5.41. The van der Waals surface area contributed by atoms with Crippen molar-refractivity contribution in [2.45, 2.75) is 51.7 Å². The van der Waals surface area contributed by atoms with E-state index in [4.69, 9.17) is 4.74 Å². The predicted molar refractivity (Wildman–Crippen MR) is 81.0 cm³/mol. The van der Waals surface area contributed by atoms with Crippen molar-refractivity contribution in [3.63, 3.8) is 0 Å². The minimum absolute atomic E-state index is 0.102. The normalized spacial score (nSPS) is 19.0. The highest BCUT2D eigenvalue weighted by atomic mass is 19.1. The highest BCUT2D eigenvalue weighted by Crippen LogP contribution is 2.36. The van der Waals surface area contributed by atoms with Crippen LogP contribution in [0.5, 0.6) is 0 Å². The van der Waals surface area contributed by atoms with Crippen LogP contribution in [0.4, 0.5) is 4.39 Å². The molecule has 2 rings (SSSR count). The number of halogens is 1. The van der Waals surface area contributed by atoms with Gasteiger partial charge in [0.15, 0.2) is 0 Å². The molecule has 0 saturated heterocycles. The number of ether oxygens (including phenoxy) is 1. The Kier molecular flexibility index (Phi) is 4.77. The second-order valence-electron chi connectivity index (χ2n) is 5.41. The zero-order valence-corrected chi connectivity index (χ0v) is 12.5. The van der Waals surface area contributed by atoms with Gasteiger partial charge in [-0.3, -0.25) is 0 Å². The van der Waals surface area contributed by atoms with Crippen LogP contribution in [0.1, 0.15) is 45.6 Å². The predicted octanol–water partition coefficient (Wildman–Crippen LogP) is 5.13. The van der Waals surface area contributed by atoms with Crippen molar-refractivity contribution in [1.29, 1.82) is 0 Å². The van der Waals surface area contributed by atoms with Gasteiger partial charge >= 0.3 is 0 Å². The van der Waals surface area contributed by atoms with E-state index in [2.05, 4.69) is 39.0 Å². The summed E-state index contributed by atoms with van der Waals surface area (Å²) in [7, 11) is 0. The van der Waals surface area contributed by atoms with Gasteiger partial charge in [0.1, 0.15) is 5.82 Å². The molecule has 1 aliphatic carbocycles. The third kappa shape index (κ3) is 3.18. The van der Waals surface area contributed by atoms with E-state index in [0.29, 0.717) is 0 Å². The van der Waals surface area contributed by atoms with Crippen LogP contribution in [-0.4, -0.2) is 6.10 Å². The highest BCUT2D eigenvalue weighted by Gasteiger charge is 2.32. The molecule has 0 saturated carbocycles. The lowest BCUT2D eigenvalue weighted by atomic mass is 9.87. The summed E-state index contributed by atoms with van der Waals surface area (Å²) in [6, 6.07) is 6.72. The maximum atomic E-state index is 13.1. The number of hydrogen-bond acceptors (Lipinski definition) is 1. The van der Waals surface area contributed by atoms with Crippen LogP contribution in [0.15, 0.2) is 48.1 Å². The molecule has 1 aromatic rings. The van der Waals surface area contributed by atoms with Crippen LogP contribution in [0, 0.1) is 5.82 Å². The minimum atomic E-state index is -0.333. The van der Waals surface area contributed by atoms with E-state index in [9.17, 15) is 4.39 Å². The van der Waals surface area contributed by atoms with Gasteiger partial charge in [0.05, 0.1) is 11.7 Å². The van der Waals surface area contributed by atoms with Crippen molar-refractivity contribution in [2.75, 3.05) is 0 Å². The number of hydrogen-bond donors (Lipinski definition) is 0. The van der Waals surface area contributed by atoms with Gasteiger partial charge in [-0.25, -0.2) is 4.39 Å². The number of rotatable bonds is 5. The number of allylic oxidation sites excluding steroid dienone is 2. The summed E-state index contributed by atoms with van der Waals surface area (Å²) in [5, 5.41) is 0. The van der Waals surface area contributed by atoms with Crippen LogP contribution < -0.4 is 0 Å². The maximum Gasteiger partial charge on any atom is 0.123 e. The average molecular weight is 274 g/mol. The summed E-state index contributed by atoms with van der Waals surface area (Å²) >= 11 is 0. The molecule has 108 valence electrons. The molecule has 0 spiro atoms. The standard InChI is InChI=1S/C18H23FO/c1-4-18(5-2,15-9-11-16(19)12-10-15)20-17-8-6-7-14(3)13-17/h6-7,9-13,17H,4-5,8H2,1-3H3. The topological polar surface area (TPSA) is 9.23 Å². The summed E-state index contributed by atoms with van der Waals surface area (Å²) in [6.07, 6.45) is 9.21. The van der Waals surface area contributed by atoms with Gasteiger partial charge in [0.25, 0.3) is 0 Å². The van der Waals surface area contributed by atoms with Crippen LogP contribution >= 0.6 is 0 Å². The maximum absolute atomic E-state index is 13.1. The van der Waals surface area contributed by atoms with Gasteiger partial charge in [0.2, 0.25) is 0 Å². The Morgan fingerprint density at radius 1 is 1.20 bits per heavy atom. The first-order valence-electron chi connectivity index (χ1n) is 7.38. The Balaban J connectivity index is 2.25. The smallest absolute Gasteiger partial charge is 0.123 e. The quantitative estimate of drug-likeness (QED) is 0.723. The first kappa shape index (κ1) is 15.0. The lowest BCUT2D eigenvalue weighted by molar-refractivity contribution is -0.0862. The minimum Gasteiger partial charge on any atom is -0.363 e. The van der Waals surface area contributed by atoms with Gasteiger partial charge in [-0.2, -0.15) is 0 Å². The van der Waals surface area contributed by atoms with Crippen molar-refractivity contribution < 1.29 is 9.13 Å². The summed E-state index contributed by atoms with van der Waals surface area (Å²) < 4.78 is 19.6. The lowest BCUT2D eigenvalue weighted by Gasteiger charge is -2.36. The summed E-state index contributed by atoms with van der Waals surface area (Å²) in [5.41, 5.74) is 1.96. The molecular weight excluding hydrogens is 251 g/mol.